The molecule has 0 radical (unpaired) electrons. The van der Waals surface area contributed by atoms with E-state index in [9.17, 15) is 4.79 Å². The molecule has 0 aliphatic rings. The summed E-state index contributed by atoms with van der Waals surface area (Å²) in [6.07, 6.45) is 0.401. The van der Waals surface area contributed by atoms with Crippen molar-refractivity contribution < 1.29 is 9.53 Å². The normalized spacial score (nSPS) is 10.3. The third kappa shape index (κ3) is 3.65. The van der Waals surface area contributed by atoms with Gasteiger partial charge in [-0.15, -0.1) is 11.3 Å². The Hall–Kier alpha value is -0.740. The van der Waals surface area contributed by atoms with E-state index in [1.165, 1.54) is 11.3 Å². The Labute approximate surface area is 81.8 Å². The van der Waals surface area contributed by atoms with Crippen LogP contribution in [-0.4, -0.2) is 24.0 Å². The van der Waals surface area contributed by atoms with E-state index in [0.29, 0.717) is 13.0 Å². The number of aromatic nitrogens is 1. The van der Waals surface area contributed by atoms with Gasteiger partial charge in [-0.2, -0.15) is 0 Å². The number of ether oxygens (including phenoxy) is 1. The lowest BCUT2D eigenvalue weighted by Gasteiger charge is -1.97. The third-order valence-corrected chi connectivity index (χ3v) is 2.45. The lowest BCUT2D eigenvalue weighted by molar-refractivity contribution is -0.122. The summed E-state index contributed by atoms with van der Waals surface area (Å²) in [6, 6.07) is 0. The lowest BCUT2D eigenvalue weighted by Crippen LogP contribution is -2.11. The minimum Gasteiger partial charge on any atom is -0.374 e. The van der Waals surface area contributed by atoms with Crippen molar-refractivity contribution in [2.24, 2.45) is 0 Å². The predicted molar refractivity (Wildman–Crippen MR) is 52.1 cm³/mol. The van der Waals surface area contributed by atoms with Crippen molar-refractivity contribution >= 4 is 17.1 Å². The average Bonchev–Trinajstić information content (AvgIpc) is 2.48. The van der Waals surface area contributed by atoms with E-state index in [0.717, 1.165) is 10.7 Å². The molecule has 0 bridgehead atoms. The number of hydrogen-bond acceptors (Lipinski definition) is 4. The summed E-state index contributed by atoms with van der Waals surface area (Å²) in [4.78, 5) is 15.4. The zero-order chi connectivity index (χ0) is 9.68. The molecule has 3 nitrogen and oxygen atoms in total. The molecule has 0 aromatic carbocycles. The van der Waals surface area contributed by atoms with Crippen LogP contribution in [0, 0.1) is 6.92 Å². The van der Waals surface area contributed by atoms with Gasteiger partial charge in [0.2, 0.25) is 0 Å². The molecular weight excluding hydrogens is 186 g/mol. The van der Waals surface area contributed by atoms with E-state index in [1.54, 1.807) is 0 Å². The Morgan fingerprint density at radius 1 is 1.69 bits per heavy atom. The van der Waals surface area contributed by atoms with Crippen LogP contribution >= 0.6 is 11.3 Å². The van der Waals surface area contributed by atoms with Crippen LogP contribution in [0.3, 0.4) is 0 Å². The van der Waals surface area contributed by atoms with E-state index < -0.39 is 0 Å². The van der Waals surface area contributed by atoms with E-state index in [1.807, 2.05) is 19.2 Å². The number of carbonyl (C=O) groups is 1. The standard InChI is InChI=1S/C9H13NO2S/c1-3-12-5-8(11)4-9-10-7(2)6-13-9/h6H,3-5H2,1-2H3. The number of carbonyl (C=O) groups excluding carboxylic acids is 1. The molecule has 0 N–H and O–H groups in total. The highest BCUT2D eigenvalue weighted by molar-refractivity contribution is 7.09. The lowest BCUT2D eigenvalue weighted by atomic mass is 10.3. The van der Waals surface area contributed by atoms with Gasteiger partial charge in [0.25, 0.3) is 0 Å². The fourth-order valence-electron chi connectivity index (χ4n) is 0.919. The molecule has 1 rings (SSSR count). The largest absolute Gasteiger partial charge is 0.374 e. The van der Waals surface area contributed by atoms with Gasteiger partial charge in [-0.1, -0.05) is 0 Å². The number of Topliss-reactive ketones (excluding diaryl/α,β-unsaturated/α-hetero) is 1. The van der Waals surface area contributed by atoms with Crippen LogP contribution in [0.4, 0.5) is 0 Å². The number of nitrogens with zero attached hydrogens (tertiary/aromatic N) is 1. The van der Waals surface area contributed by atoms with Crippen LogP contribution in [-0.2, 0) is 16.0 Å². The smallest absolute Gasteiger partial charge is 0.165 e. The molecule has 0 unspecified atom stereocenters. The summed E-state index contributed by atoms with van der Waals surface area (Å²) in [7, 11) is 0. The van der Waals surface area contributed by atoms with Crippen LogP contribution in [0.1, 0.15) is 17.6 Å². The molecule has 1 aromatic rings. The SMILES string of the molecule is CCOCC(=O)Cc1nc(C)cs1. The van der Waals surface area contributed by atoms with Crippen LogP contribution in [0.5, 0.6) is 0 Å². The van der Waals surface area contributed by atoms with Gasteiger partial charge >= 0.3 is 0 Å². The highest BCUT2D eigenvalue weighted by atomic mass is 32.1. The second-order valence-corrected chi connectivity index (χ2v) is 3.68. The van der Waals surface area contributed by atoms with Crippen molar-refractivity contribution in [3.05, 3.63) is 16.1 Å². The van der Waals surface area contributed by atoms with Crippen LogP contribution in [0.25, 0.3) is 0 Å². The van der Waals surface area contributed by atoms with Crippen molar-refractivity contribution in [1.29, 1.82) is 0 Å². The molecule has 1 heterocycles. The Bertz CT molecular complexity index is 283. The molecule has 13 heavy (non-hydrogen) atoms. The van der Waals surface area contributed by atoms with Gasteiger partial charge in [0.05, 0.1) is 6.42 Å². The molecule has 72 valence electrons. The topological polar surface area (TPSA) is 39.2 Å². The van der Waals surface area contributed by atoms with E-state index in [-0.39, 0.29) is 12.4 Å². The van der Waals surface area contributed by atoms with Crippen LogP contribution in [0.2, 0.25) is 0 Å². The monoisotopic (exact) mass is 199 g/mol. The minimum absolute atomic E-state index is 0.0937. The molecule has 0 amide bonds. The number of rotatable bonds is 5. The van der Waals surface area contributed by atoms with Gasteiger partial charge in [-0.25, -0.2) is 4.98 Å². The maximum absolute atomic E-state index is 11.2. The molecular formula is C9H13NO2S. The number of thiazole rings is 1. The molecule has 0 aliphatic heterocycles. The second-order valence-electron chi connectivity index (χ2n) is 2.74. The Morgan fingerprint density at radius 3 is 3.00 bits per heavy atom. The Balaban J connectivity index is 2.36. The summed E-state index contributed by atoms with van der Waals surface area (Å²) in [6.45, 7) is 4.59. The first-order valence-corrected chi connectivity index (χ1v) is 5.10. The maximum atomic E-state index is 11.2. The van der Waals surface area contributed by atoms with E-state index in [4.69, 9.17) is 4.74 Å². The van der Waals surface area contributed by atoms with Gasteiger partial charge in [-0.3, -0.25) is 4.79 Å². The first-order chi connectivity index (χ1) is 6.22. The average molecular weight is 199 g/mol. The van der Waals surface area contributed by atoms with Crippen molar-refractivity contribution in [3.63, 3.8) is 0 Å². The number of hydrogen-bond donors (Lipinski definition) is 0. The highest BCUT2D eigenvalue weighted by Crippen LogP contribution is 2.09. The Morgan fingerprint density at radius 2 is 2.46 bits per heavy atom. The molecule has 0 saturated heterocycles. The maximum Gasteiger partial charge on any atom is 0.165 e. The molecule has 0 aliphatic carbocycles. The summed E-state index contributed by atoms with van der Waals surface area (Å²) in [5, 5.41) is 2.82. The molecule has 1 aromatic heterocycles. The van der Waals surface area contributed by atoms with Crippen molar-refractivity contribution in [2.45, 2.75) is 20.3 Å². The van der Waals surface area contributed by atoms with Crippen LogP contribution in [0.15, 0.2) is 5.38 Å². The highest BCUT2D eigenvalue weighted by Gasteiger charge is 2.06. The summed E-state index contributed by atoms with van der Waals surface area (Å²) in [5.41, 5.74) is 0.976. The first-order valence-electron chi connectivity index (χ1n) is 4.22. The fourth-order valence-corrected chi connectivity index (χ4v) is 1.72. The number of aryl methyl sites for hydroxylation is 1. The van der Waals surface area contributed by atoms with Gasteiger partial charge in [-0.05, 0) is 13.8 Å². The minimum atomic E-state index is 0.0937. The summed E-state index contributed by atoms with van der Waals surface area (Å²) in [5.74, 6) is 0.0937. The predicted octanol–water partition coefficient (Wildman–Crippen LogP) is 1.60. The van der Waals surface area contributed by atoms with Crippen molar-refractivity contribution in [3.8, 4) is 0 Å². The zero-order valence-corrected chi connectivity index (χ0v) is 8.69. The molecule has 0 atom stereocenters. The van der Waals surface area contributed by atoms with Crippen molar-refractivity contribution in [2.75, 3.05) is 13.2 Å². The molecule has 0 saturated carbocycles. The van der Waals surface area contributed by atoms with Gasteiger partial charge < -0.3 is 4.74 Å². The van der Waals surface area contributed by atoms with E-state index in [2.05, 4.69) is 4.98 Å². The molecule has 4 heteroatoms. The Kier molecular flexibility index (Phi) is 4.05. The first kappa shape index (κ1) is 10.3. The summed E-state index contributed by atoms with van der Waals surface area (Å²) < 4.78 is 5.00. The van der Waals surface area contributed by atoms with Gasteiger partial charge in [0.15, 0.2) is 5.78 Å². The van der Waals surface area contributed by atoms with Crippen molar-refractivity contribution in [1.82, 2.24) is 4.98 Å². The zero-order valence-electron chi connectivity index (χ0n) is 7.87. The molecule has 0 fully saturated rings. The van der Waals surface area contributed by atoms with Gasteiger partial charge in [0, 0.05) is 17.7 Å². The summed E-state index contributed by atoms with van der Waals surface area (Å²) >= 11 is 1.52. The number of ketones is 1. The fraction of sp³-hybridized carbons (Fsp3) is 0.556. The third-order valence-electron chi connectivity index (χ3n) is 1.48. The quantitative estimate of drug-likeness (QED) is 0.723. The molecule has 0 spiro atoms. The van der Waals surface area contributed by atoms with E-state index >= 15 is 0 Å². The second kappa shape index (κ2) is 5.09. The van der Waals surface area contributed by atoms with Gasteiger partial charge in [0.1, 0.15) is 11.6 Å². The van der Waals surface area contributed by atoms with Crippen LogP contribution < -0.4 is 0 Å².